The second-order valence-electron chi connectivity index (χ2n) is 1.94. The molecule has 62 valence electrons. The summed E-state index contributed by atoms with van der Waals surface area (Å²) in [5.74, 6) is 0. The minimum absolute atomic E-state index is 0.835. The zero-order valence-corrected chi connectivity index (χ0v) is 9.16. The van der Waals surface area contributed by atoms with E-state index >= 15 is 0 Å². The van der Waals surface area contributed by atoms with Crippen LogP contribution in [-0.4, -0.2) is 12.9 Å². The molecule has 0 aliphatic carbocycles. The maximum atomic E-state index is 3.78. The van der Waals surface area contributed by atoms with Crippen molar-refractivity contribution in [1.82, 2.24) is 0 Å². The van der Waals surface area contributed by atoms with Crippen molar-refractivity contribution in [2.75, 3.05) is 12.9 Å². The van der Waals surface area contributed by atoms with Gasteiger partial charge in [-0.05, 0) is 25.2 Å². The van der Waals surface area contributed by atoms with Gasteiger partial charge >= 0.3 is 0 Å². The molecule has 0 bridgehead atoms. The van der Waals surface area contributed by atoms with Crippen LogP contribution in [0.15, 0.2) is 35.0 Å². The summed E-state index contributed by atoms with van der Waals surface area (Å²) in [6.45, 7) is 8.00. The first-order chi connectivity index (χ1) is 5.29. The minimum Gasteiger partial charge on any atom is -0.129 e. The van der Waals surface area contributed by atoms with E-state index in [1.165, 1.54) is 10.2 Å². The van der Waals surface area contributed by atoms with Crippen LogP contribution in [0.3, 0.4) is 0 Å². The lowest BCUT2D eigenvalue weighted by Crippen LogP contribution is -1.73. The quantitative estimate of drug-likeness (QED) is 0.477. The number of hydrogen-bond acceptors (Lipinski definition) is 1. The van der Waals surface area contributed by atoms with Gasteiger partial charge in [-0.3, -0.25) is 0 Å². The Balaban J connectivity index is 4.61. The van der Waals surface area contributed by atoms with E-state index in [0.29, 0.717) is 0 Å². The maximum Gasteiger partial charge on any atom is 0.0140 e. The molecule has 0 heterocycles. The smallest absolute Gasteiger partial charge is 0.0140 e. The molecule has 0 aromatic rings. The molecule has 0 nitrogen and oxygen atoms in total. The van der Waals surface area contributed by atoms with Gasteiger partial charge in [0.25, 0.3) is 0 Å². The zero-order chi connectivity index (χ0) is 8.69. The molecule has 1 atom stereocenters. The van der Waals surface area contributed by atoms with Gasteiger partial charge in [0.2, 0.25) is 0 Å². The number of hydrogen-bond donors (Lipinski definition) is 0. The normalized spacial score (nSPS) is 14.5. The maximum absolute atomic E-state index is 3.78. The lowest BCUT2D eigenvalue weighted by atomic mass is 10.4. The molecule has 0 radical (unpaired) electrons. The predicted octanol–water partition coefficient (Wildman–Crippen LogP) is 3.63. The van der Waals surface area contributed by atoms with Crippen LogP contribution in [0.4, 0.5) is 0 Å². The third-order valence-electron chi connectivity index (χ3n) is 1.28. The third-order valence-corrected chi connectivity index (χ3v) is 3.27. The first kappa shape index (κ1) is 11.0. The Bertz CT molecular complexity index is 180. The molecule has 0 amide bonds. The van der Waals surface area contributed by atoms with Gasteiger partial charge < -0.3 is 0 Å². The molecule has 0 saturated heterocycles. The monoisotopic (exact) mass is 186 g/mol. The fourth-order valence-corrected chi connectivity index (χ4v) is 2.47. The fraction of sp³-hybridized carbons (Fsp3) is 0.333. The molecule has 0 N–H and O–H groups in total. The van der Waals surface area contributed by atoms with Crippen LogP contribution in [-0.2, 0) is 0 Å². The van der Waals surface area contributed by atoms with Crippen LogP contribution in [0.5, 0.6) is 0 Å². The summed E-state index contributed by atoms with van der Waals surface area (Å²) in [4.78, 5) is 1.34. The van der Waals surface area contributed by atoms with E-state index in [1.807, 2.05) is 13.0 Å². The van der Waals surface area contributed by atoms with Crippen LogP contribution in [0.1, 0.15) is 6.92 Å². The highest BCUT2D eigenvalue weighted by atomic mass is 32.2. The summed E-state index contributed by atoms with van der Waals surface area (Å²) in [5, 5.41) is 1.36. The predicted molar refractivity (Wildman–Crippen MR) is 59.8 cm³/mol. The summed E-state index contributed by atoms with van der Waals surface area (Å²) < 4.78 is 0. The lowest BCUT2D eigenvalue weighted by Gasteiger charge is -2.02. The average Bonchev–Trinajstić information content (AvgIpc) is 2.05. The summed E-state index contributed by atoms with van der Waals surface area (Å²) in [7, 11) is 0.835. The lowest BCUT2D eigenvalue weighted by molar-refractivity contribution is 1.70. The van der Waals surface area contributed by atoms with Crippen molar-refractivity contribution >= 4 is 20.3 Å². The highest BCUT2D eigenvalue weighted by Gasteiger charge is 1.95. The Labute approximate surface area is 75.6 Å². The SMILES string of the molecule is C=C/C(PC)=C(\C=C/C)SC. The van der Waals surface area contributed by atoms with Crippen molar-refractivity contribution in [2.24, 2.45) is 0 Å². The Morgan fingerprint density at radius 3 is 2.45 bits per heavy atom. The Hall–Kier alpha value is -0.0000000000000000555. The molecule has 0 aliphatic rings. The van der Waals surface area contributed by atoms with Crippen molar-refractivity contribution in [3.8, 4) is 0 Å². The highest BCUT2D eigenvalue weighted by molar-refractivity contribution is 8.02. The van der Waals surface area contributed by atoms with E-state index in [4.69, 9.17) is 0 Å². The molecular weight excluding hydrogens is 171 g/mol. The first-order valence-electron chi connectivity index (χ1n) is 3.51. The molecule has 0 spiro atoms. The zero-order valence-electron chi connectivity index (χ0n) is 7.35. The van der Waals surface area contributed by atoms with Gasteiger partial charge in [-0.15, -0.1) is 11.8 Å². The van der Waals surface area contributed by atoms with Crippen LogP contribution in [0.25, 0.3) is 0 Å². The molecule has 1 unspecified atom stereocenters. The molecule has 0 saturated carbocycles. The Kier molecular flexibility index (Phi) is 6.69. The van der Waals surface area contributed by atoms with E-state index in [-0.39, 0.29) is 0 Å². The largest absolute Gasteiger partial charge is 0.129 e. The van der Waals surface area contributed by atoms with Gasteiger partial charge in [-0.25, -0.2) is 0 Å². The molecule has 0 aromatic carbocycles. The van der Waals surface area contributed by atoms with E-state index in [2.05, 4.69) is 31.7 Å². The standard InChI is InChI=1S/C9H15PS/c1-5-7-9(11-4)8(6-2)10-3/h5-7,10H,2H2,1,3-4H3/b7-5-,9-8-. The molecule has 0 aliphatic heterocycles. The number of thioether (sulfide) groups is 1. The summed E-state index contributed by atoms with van der Waals surface area (Å²) in [5.41, 5.74) is 0. The van der Waals surface area contributed by atoms with Crippen molar-refractivity contribution in [3.63, 3.8) is 0 Å². The molecular formula is C9H15PS. The van der Waals surface area contributed by atoms with E-state index in [9.17, 15) is 0 Å². The second-order valence-corrected chi connectivity index (χ2v) is 3.82. The van der Waals surface area contributed by atoms with Crippen molar-refractivity contribution in [3.05, 3.63) is 35.0 Å². The second kappa shape index (κ2) is 6.69. The minimum atomic E-state index is 0.835. The molecule has 2 heteroatoms. The van der Waals surface area contributed by atoms with Crippen LogP contribution < -0.4 is 0 Å². The van der Waals surface area contributed by atoms with Crippen molar-refractivity contribution in [1.29, 1.82) is 0 Å². The van der Waals surface area contributed by atoms with Crippen molar-refractivity contribution in [2.45, 2.75) is 6.92 Å². The Morgan fingerprint density at radius 2 is 2.18 bits per heavy atom. The van der Waals surface area contributed by atoms with E-state index in [1.54, 1.807) is 11.8 Å². The summed E-state index contributed by atoms with van der Waals surface area (Å²) in [6, 6.07) is 0. The topological polar surface area (TPSA) is 0 Å². The van der Waals surface area contributed by atoms with Crippen LogP contribution in [0, 0.1) is 0 Å². The molecule has 11 heavy (non-hydrogen) atoms. The summed E-state index contributed by atoms with van der Waals surface area (Å²) >= 11 is 1.78. The van der Waals surface area contributed by atoms with Gasteiger partial charge in [0, 0.05) is 4.91 Å². The van der Waals surface area contributed by atoms with Gasteiger partial charge in [0.05, 0.1) is 0 Å². The van der Waals surface area contributed by atoms with E-state index in [0.717, 1.165) is 8.58 Å². The number of allylic oxidation sites excluding steroid dienone is 4. The first-order valence-corrected chi connectivity index (χ1v) is 6.23. The van der Waals surface area contributed by atoms with Gasteiger partial charge in [0.1, 0.15) is 0 Å². The van der Waals surface area contributed by atoms with Gasteiger partial charge in [0.15, 0.2) is 0 Å². The number of rotatable bonds is 4. The highest BCUT2D eigenvalue weighted by Crippen LogP contribution is 2.30. The molecule has 0 rings (SSSR count). The fourth-order valence-electron chi connectivity index (χ4n) is 0.745. The van der Waals surface area contributed by atoms with Gasteiger partial charge in [-0.2, -0.15) is 0 Å². The molecule has 0 aromatic heterocycles. The average molecular weight is 186 g/mol. The third kappa shape index (κ3) is 3.79. The Morgan fingerprint density at radius 1 is 1.55 bits per heavy atom. The van der Waals surface area contributed by atoms with Gasteiger partial charge in [-0.1, -0.05) is 33.4 Å². The van der Waals surface area contributed by atoms with Crippen LogP contribution in [0.2, 0.25) is 0 Å². The van der Waals surface area contributed by atoms with Crippen molar-refractivity contribution < 1.29 is 0 Å². The molecule has 0 fully saturated rings. The van der Waals surface area contributed by atoms with Crippen LogP contribution >= 0.6 is 20.3 Å². The summed E-state index contributed by atoms with van der Waals surface area (Å²) in [6.07, 6.45) is 8.25. The van der Waals surface area contributed by atoms with E-state index < -0.39 is 0 Å².